The van der Waals surface area contributed by atoms with Crippen LogP contribution >= 0.6 is 16.5 Å². The highest BCUT2D eigenvalue weighted by molar-refractivity contribution is 7.80. The van der Waals surface area contributed by atoms with Gasteiger partial charge in [0.1, 0.15) is 18.0 Å². The van der Waals surface area contributed by atoms with Gasteiger partial charge >= 0.3 is 8.60 Å². The largest absolute Gasteiger partial charge is 0.425 e. The summed E-state index contributed by atoms with van der Waals surface area (Å²) in [5.41, 5.74) is 2.99. The zero-order valence-electron chi connectivity index (χ0n) is 34.5. The highest BCUT2D eigenvalue weighted by Gasteiger charge is 2.67. The van der Waals surface area contributed by atoms with Gasteiger partial charge in [0.25, 0.3) is 0 Å². The van der Waals surface area contributed by atoms with Crippen molar-refractivity contribution in [1.82, 2.24) is 0 Å². The minimum absolute atomic E-state index is 0.697. The summed E-state index contributed by atoms with van der Waals surface area (Å²) < 4.78 is 37.9. The number of rotatable bonds is 10. The quantitative estimate of drug-likeness (QED) is 0.128. The molecular formula is C55H46O5P2. The smallest absolute Gasteiger partial charge is 0.399 e. The number of hydrogen-bond donors (Lipinski definition) is 0. The molecule has 0 aliphatic carbocycles. The van der Waals surface area contributed by atoms with Gasteiger partial charge in [-0.05, 0) is 60.2 Å². The summed E-state index contributed by atoms with van der Waals surface area (Å²) in [7, 11) is -3.46. The van der Waals surface area contributed by atoms with E-state index in [-0.39, 0.29) is 0 Å². The second kappa shape index (κ2) is 17.2. The predicted octanol–water partition coefficient (Wildman–Crippen LogP) is 12.2. The molecule has 306 valence electrons. The predicted molar refractivity (Wildman–Crippen MR) is 251 cm³/mol. The second-order valence-corrected chi connectivity index (χ2v) is 19.1. The van der Waals surface area contributed by atoms with Crippen LogP contribution in [0.2, 0.25) is 0 Å². The van der Waals surface area contributed by atoms with Crippen LogP contribution in [0.25, 0.3) is 11.1 Å². The first-order valence-electron chi connectivity index (χ1n) is 21.0. The van der Waals surface area contributed by atoms with Crippen molar-refractivity contribution in [2.75, 3.05) is 0 Å². The standard InChI is InChI=1S/C55H46O5P2/c1-53(2)56-51-52(57-53)55(44-31-16-6-17-32-44,45-33-18-7-19-34-45)60-62(59-54(51,42-27-12-4-13-28-42)43-29-14-5-15-30-43)58-50-48(41-25-10-3-11-26-41)39-24-40-49(50)61(46-35-20-8-21-36-46)47-37-22-9-23-38-47/h3-40,51-52H,1-2H3/t51-,52-/m0/s1. The zero-order valence-corrected chi connectivity index (χ0v) is 36.3. The first-order valence-corrected chi connectivity index (χ1v) is 23.4. The van der Waals surface area contributed by atoms with Crippen molar-refractivity contribution < 1.29 is 23.0 Å². The van der Waals surface area contributed by atoms with Crippen LogP contribution < -0.4 is 20.4 Å². The van der Waals surface area contributed by atoms with Crippen molar-refractivity contribution in [3.8, 4) is 16.9 Å². The summed E-state index contributed by atoms with van der Waals surface area (Å²) in [6, 6.07) is 79.7. The van der Waals surface area contributed by atoms with E-state index in [2.05, 4.69) is 152 Å². The van der Waals surface area contributed by atoms with Crippen molar-refractivity contribution in [3.05, 3.63) is 253 Å². The lowest BCUT2D eigenvalue weighted by molar-refractivity contribution is -0.175. The van der Waals surface area contributed by atoms with E-state index in [0.717, 1.165) is 38.7 Å². The van der Waals surface area contributed by atoms with Gasteiger partial charge in [-0.15, -0.1) is 0 Å². The van der Waals surface area contributed by atoms with Gasteiger partial charge in [-0.2, -0.15) is 0 Å². The van der Waals surface area contributed by atoms with Crippen molar-refractivity contribution >= 4 is 32.4 Å². The minimum atomic E-state index is -2.34. The minimum Gasteiger partial charge on any atom is -0.425 e. The van der Waals surface area contributed by atoms with Crippen LogP contribution in [-0.2, 0) is 29.7 Å². The van der Waals surface area contributed by atoms with E-state index in [1.54, 1.807) is 0 Å². The van der Waals surface area contributed by atoms with E-state index < -0.39 is 45.7 Å². The Bertz CT molecular complexity index is 2480. The van der Waals surface area contributed by atoms with Crippen molar-refractivity contribution in [2.24, 2.45) is 0 Å². The average molecular weight is 849 g/mol. The molecule has 2 aliphatic rings. The molecule has 0 N–H and O–H groups in total. The van der Waals surface area contributed by atoms with Crippen LogP contribution in [0.4, 0.5) is 0 Å². The molecule has 0 radical (unpaired) electrons. The highest BCUT2D eigenvalue weighted by Crippen LogP contribution is 2.65. The lowest BCUT2D eigenvalue weighted by atomic mass is 9.72. The van der Waals surface area contributed by atoms with Crippen LogP contribution in [0.3, 0.4) is 0 Å². The molecule has 0 spiro atoms. The molecule has 8 aromatic rings. The first-order chi connectivity index (χ1) is 30.5. The molecule has 62 heavy (non-hydrogen) atoms. The SMILES string of the molecule is CC1(C)O[C@H]2[C@H](O1)C(c1ccccc1)(c1ccccc1)OP(Oc1c(-c3ccccc3)cccc1P(c1ccccc1)c1ccccc1)OC2(c1ccccc1)c1ccccc1. The molecule has 0 amide bonds. The van der Waals surface area contributed by atoms with Crippen LogP contribution in [0.1, 0.15) is 36.1 Å². The molecule has 0 unspecified atom stereocenters. The Labute approximate surface area is 366 Å². The molecular weight excluding hydrogens is 803 g/mol. The van der Waals surface area contributed by atoms with Gasteiger partial charge < -0.3 is 14.0 Å². The van der Waals surface area contributed by atoms with Crippen LogP contribution in [-0.4, -0.2) is 18.0 Å². The highest BCUT2D eigenvalue weighted by atomic mass is 31.2. The van der Waals surface area contributed by atoms with Crippen LogP contribution in [0.5, 0.6) is 5.75 Å². The molecule has 2 fully saturated rings. The molecule has 5 nitrogen and oxygen atoms in total. The van der Waals surface area contributed by atoms with E-state index in [0.29, 0.717) is 5.75 Å². The van der Waals surface area contributed by atoms with Crippen molar-refractivity contribution in [1.29, 1.82) is 0 Å². The fraction of sp³-hybridized carbons (Fsp3) is 0.127. The summed E-state index contributed by atoms with van der Waals surface area (Å²) in [5, 5.41) is 3.44. The normalized spacial score (nSPS) is 19.0. The van der Waals surface area contributed by atoms with E-state index in [1.165, 1.54) is 10.6 Å². The molecule has 10 rings (SSSR count). The molecule has 0 bridgehead atoms. The van der Waals surface area contributed by atoms with Crippen LogP contribution in [0.15, 0.2) is 231 Å². The van der Waals surface area contributed by atoms with E-state index in [1.807, 2.05) is 92.7 Å². The van der Waals surface area contributed by atoms with Crippen molar-refractivity contribution in [3.63, 3.8) is 0 Å². The fourth-order valence-electron chi connectivity index (χ4n) is 8.99. The number of fused-ring (bicyclic) bond motifs is 1. The molecule has 2 heterocycles. The second-order valence-electron chi connectivity index (χ2n) is 15.9. The van der Waals surface area contributed by atoms with Crippen molar-refractivity contribution in [2.45, 2.75) is 43.0 Å². The van der Waals surface area contributed by atoms with Gasteiger partial charge in [0.05, 0.1) is 0 Å². The third-order valence-electron chi connectivity index (χ3n) is 11.7. The molecule has 2 atom stereocenters. The maximum atomic E-state index is 7.84. The van der Waals surface area contributed by atoms with Gasteiger partial charge in [0.15, 0.2) is 17.0 Å². The zero-order chi connectivity index (χ0) is 42.0. The molecule has 0 aromatic heterocycles. The Morgan fingerprint density at radius 2 is 0.774 bits per heavy atom. The number of benzene rings is 8. The third-order valence-corrected chi connectivity index (χ3v) is 15.3. The van der Waals surface area contributed by atoms with E-state index in [9.17, 15) is 0 Å². The lowest BCUT2D eigenvalue weighted by Gasteiger charge is -2.41. The Kier molecular flexibility index (Phi) is 11.2. The van der Waals surface area contributed by atoms with Gasteiger partial charge in [0, 0.05) is 10.9 Å². The van der Waals surface area contributed by atoms with Gasteiger partial charge in [-0.25, -0.2) is 0 Å². The average Bonchev–Trinajstić information content (AvgIpc) is 3.62. The van der Waals surface area contributed by atoms with Gasteiger partial charge in [-0.1, -0.05) is 231 Å². The fourth-order valence-corrected chi connectivity index (χ4v) is 13.0. The summed E-state index contributed by atoms with van der Waals surface area (Å²) >= 11 is 0. The molecule has 7 heteroatoms. The lowest BCUT2D eigenvalue weighted by Crippen LogP contribution is -2.53. The van der Waals surface area contributed by atoms with Gasteiger partial charge in [-0.3, -0.25) is 9.05 Å². The van der Waals surface area contributed by atoms with Gasteiger partial charge in [0.2, 0.25) is 0 Å². The molecule has 2 saturated heterocycles. The van der Waals surface area contributed by atoms with Crippen LogP contribution in [0, 0.1) is 0 Å². The third kappa shape index (κ3) is 7.40. The topological polar surface area (TPSA) is 46.2 Å². The summed E-state index contributed by atoms with van der Waals surface area (Å²) in [4.78, 5) is 0. The summed E-state index contributed by atoms with van der Waals surface area (Å²) in [5.74, 6) is -0.316. The van der Waals surface area contributed by atoms with E-state index >= 15 is 0 Å². The monoisotopic (exact) mass is 848 g/mol. The Hall–Kier alpha value is -5.74. The summed E-state index contributed by atoms with van der Waals surface area (Å²) in [6.45, 7) is 3.94. The number of hydrogen-bond acceptors (Lipinski definition) is 5. The number of para-hydroxylation sites is 1. The first kappa shape index (κ1) is 40.3. The number of ether oxygens (including phenoxy) is 2. The molecule has 8 aromatic carbocycles. The molecule has 0 saturated carbocycles. The Morgan fingerprint density at radius 3 is 1.16 bits per heavy atom. The Balaban J connectivity index is 1.27. The maximum absolute atomic E-state index is 7.84. The van der Waals surface area contributed by atoms with E-state index in [4.69, 9.17) is 23.0 Å². The molecule has 2 aliphatic heterocycles. The Morgan fingerprint density at radius 1 is 0.419 bits per heavy atom. The maximum Gasteiger partial charge on any atom is 0.399 e. The summed E-state index contributed by atoms with van der Waals surface area (Å²) in [6.07, 6.45) is -1.46.